The van der Waals surface area contributed by atoms with Gasteiger partial charge in [0.25, 0.3) is 5.91 Å². The van der Waals surface area contributed by atoms with E-state index in [1.807, 2.05) is 73.7 Å². The monoisotopic (exact) mass is 419 g/mol. The maximum absolute atomic E-state index is 12.8. The molecule has 1 aromatic heterocycles. The van der Waals surface area contributed by atoms with Crippen LogP contribution in [0, 0.1) is 6.92 Å². The Morgan fingerprint density at radius 1 is 0.963 bits per heavy atom. The second kappa shape index (κ2) is 7.41. The van der Waals surface area contributed by atoms with E-state index in [-0.39, 0.29) is 5.91 Å². The molecule has 4 rings (SSSR count). The topological polar surface area (TPSA) is 42.2 Å². The zero-order valence-electron chi connectivity index (χ0n) is 14.8. The summed E-state index contributed by atoms with van der Waals surface area (Å²) in [5, 5.41) is 4.73. The summed E-state index contributed by atoms with van der Waals surface area (Å²) in [4.78, 5) is 12.8. The van der Waals surface area contributed by atoms with Crippen LogP contribution in [0.2, 0.25) is 0 Å². The molecule has 1 amide bonds. The normalized spacial score (nSPS) is 10.9. The second-order valence-corrected chi connectivity index (χ2v) is 7.40. The van der Waals surface area contributed by atoms with E-state index in [1.165, 1.54) is 0 Å². The van der Waals surface area contributed by atoms with E-state index in [2.05, 4.69) is 27.3 Å². The van der Waals surface area contributed by atoms with E-state index < -0.39 is 0 Å². The molecule has 0 saturated heterocycles. The van der Waals surface area contributed by atoms with Crippen LogP contribution in [-0.2, 0) is 6.54 Å². The predicted molar refractivity (Wildman–Crippen MR) is 112 cm³/mol. The quantitative estimate of drug-likeness (QED) is 0.434. The zero-order valence-corrected chi connectivity index (χ0v) is 16.4. The van der Waals surface area contributed by atoms with Crippen molar-refractivity contribution in [3.8, 4) is 11.3 Å². The number of rotatable bonds is 4. The van der Waals surface area contributed by atoms with Crippen LogP contribution < -0.4 is 5.32 Å². The average molecular weight is 420 g/mol. The Hall–Kier alpha value is -2.85. The Balaban J connectivity index is 1.72. The number of nitrogens with one attached hydrogen (secondary N) is 1. The standard InChI is InChI=1S/C23H18BrNO2/c1-15-7-12-19-20(13-15)21(17-8-10-18(24)11-9-17)27-22(19)23(26)25-14-16-5-3-2-4-6-16/h2-13H,14H2,1H3,(H,25,26). The van der Waals surface area contributed by atoms with Gasteiger partial charge in [0.05, 0.1) is 0 Å². The van der Waals surface area contributed by atoms with E-state index in [0.29, 0.717) is 18.1 Å². The first-order valence-electron chi connectivity index (χ1n) is 8.73. The number of hydrogen-bond donors (Lipinski definition) is 1. The smallest absolute Gasteiger partial charge is 0.287 e. The van der Waals surface area contributed by atoms with E-state index in [4.69, 9.17) is 4.42 Å². The molecule has 0 fully saturated rings. The van der Waals surface area contributed by atoms with Gasteiger partial charge in [0, 0.05) is 27.4 Å². The minimum atomic E-state index is -0.212. The lowest BCUT2D eigenvalue weighted by Gasteiger charge is -2.03. The minimum Gasteiger partial charge on any atom is -0.450 e. The Morgan fingerprint density at radius 3 is 2.44 bits per heavy atom. The number of carbonyl (C=O) groups is 1. The van der Waals surface area contributed by atoms with Gasteiger partial charge in [-0.25, -0.2) is 0 Å². The van der Waals surface area contributed by atoms with Gasteiger partial charge < -0.3 is 9.73 Å². The summed E-state index contributed by atoms with van der Waals surface area (Å²) >= 11 is 3.46. The van der Waals surface area contributed by atoms with Crippen LogP contribution in [0.3, 0.4) is 0 Å². The molecule has 3 aromatic carbocycles. The molecule has 1 N–H and O–H groups in total. The summed E-state index contributed by atoms with van der Waals surface area (Å²) in [7, 11) is 0. The van der Waals surface area contributed by atoms with Gasteiger partial charge in [0.2, 0.25) is 0 Å². The first-order chi connectivity index (χ1) is 13.1. The van der Waals surface area contributed by atoms with Crippen LogP contribution in [-0.4, -0.2) is 5.91 Å². The van der Waals surface area contributed by atoms with Gasteiger partial charge in [-0.2, -0.15) is 0 Å². The van der Waals surface area contributed by atoms with Crippen molar-refractivity contribution < 1.29 is 9.21 Å². The number of fused-ring (bicyclic) bond motifs is 1. The lowest BCUT2D eigenvalue weighted by molar-refractivity contribution is 0.0926. The molecule has 0 atom stereocenters. The molecular weight excluding hydrogens is 402 g/mol. The summed E-state index contributed by atoms with van der Waals surface area (Å²) < 4.78 is 7.07. The molecule has 27 heavy (non-hydrogen) atoms. The first kappa shape index (κ1) is 17.6. The Morgan fingerprint density at radius 2 is 1.70 bits per heavy atom. The van der Waals surface area contributed by atoms with Crippen LogP contribution in [0.15, 0.2) is 81.7 Å². The van der Waals surface area contributed by atoms with Crippen molar-refractivity contribution in [2.75, 3.05) is 0 Å². The molecule has 0 radical (unpaired) electrons. The second-order valence-electron chi connectivity index (χ2n) is 6.48. The fraction of sp³-hybridized carbons (Fsp3) is 0.0870. The molecule has 0 unspecified atom stereocenters. The Bertz CT molecular complexity index is 1100. The van der Waals surface area contributed by atoms with Crippen LogP contribution >= 0.6 is 15.9 Å². The first-order valence-corrected chi connectivity index (χ1v) is 9.52. The largest absolute Gasteiger partial charge is 0.450 e. The fourth-order valence-corrected chi connectivity index (χ4v) is 3.36. The molecule has 0 saturated carbocycles. The summed E-state index contributed by atoms with van der Waals surface area (Å²) in [6, 6.07) is 23.7. The third-order valence-electron chi connectivity index (χ3n) is 4.48. The SMILES string of the molecule is Cc1ccc2c(C(=O)NCc3ccccc3)oc(-c3ccc(Br)cc3)c2c1. The molecule has 0 spiro atoms. The highest BCUT2D eigenvalue weighted by Crippen LogP contribution is 2.35. The maximum atomic E-state index is 12.8. The lowest BCUT2D eigenvalue weighted by atomic mass is 10.0. The highest BCUT2D eigenvalue weighted by Gasteiger charge is 2.20. The summed E-state index contributed by atoms with van der Waals surface area (Å²) in [6.07, 6.45) is 0. The van der Waals surface area contributed by atoms with Gasteiger partial charge in [0.1, 0.15) is 5.76 Å². The zero-order chi connectivity index (χ0) is 18.8. The number of furan rings is 1. The summed E-state index contributed by atoms with van der Waals surface area (Å²) in [5.41, 5.74) is 3.11. The number of carbonyl (C=O) groups excluding carboxylic acids is 1. The number of aryl methyl sites for hydroxylation is 1. The molecule has 134 valence electrons. The molecule has 0 aliphatic heterocycles. The van der Waals surface area contributed by atoms with E-state index >= 15 is 0 Å². The van der Waals surface area contributed by atoms with Gasteiger partial charge in [-0.1, -0.05) is 76.1 Å². The third kappa shape index (κ3) is 3.67. The number of halogens is 1. The van der Waals surface area contributed by atoms with E-state index in [0.717, 1.165) is 31.9 Å². The molecule has 0 bridgehead atoms. The number of hydrogen-bond acceptors (Lipinski definition) is 2. The van der Waals surface area contributed by atoms with E-state index in [1.54, 1.807) is 0 Å². The molecule has 1 heterocycles. The third-order valence-corrected chi connectivity index (χ3v) is 5.01. The van der Waals surface area contributed by atoms with Crippen molar-refractivity contribution in [3.05, 3.63) is 94.2 Å². The Labute approximate surface area is 166 Å². The van der Waals surface area contributed by atoms with Gasteiger partial charge in [-0.15, -0.1) is 0 Å². The lowest BCUT2D eigenvalue weighted by Crippen LogP contribution is -2.22. The van der Waals surface area contributed by atoms with Crippen molar-refractivity contribution in [1.29, 1.82) is 0 Å². The molecule has 0 aliphatic carbocycles. The van der Waals surface area contributed by atoms with Gasteiger partial charge in [0.15, 0.2) is 5.76 Å². The summed E-state index contributed by atoms with van der Waals surface area (Å²) in [6.45, 7) is 2.49. The maximum Gasteiger partial charge on any atom is 0.287 e. The average Bonchev–Trinajstić information content (AvgIpc) is 3.06. The van der Waals surface area contributed by atoms with Crippen molar-refractivity contribution in [3.63, 3.8) is 0 Å². The van der Waals surface area contributed by atoms with Crippen molar-refractivity contribution >= 4 is 32.6 Å². The van der Waals surface area contributed by atoms with Crippen molar-refractivity contribution in [2.24, 2.45) is 0 Å². The van der Waals surface area contributed by atoms with Gasteiger partial charge in [-0.3, -0.25) is 4.79 Å². The van der Waals surface area contributed by atoms with Crippen molar-refractivity contribution in [2.45, 2.75) is 13.5 Å². The highest BCUT2D eigenvalue weighted by atomic mass is 79.9. The van der Waals surface area contributed by atoms with Gasteiger partial charge in [-0.05, 0) is 30.7 Å². The minimum absolute atomic E-state index is 0.212. The molecule has 4 aromatic rings. The molecule has 3 nitrogen and oxygen atoms in total. The predicted octanol–water partition coefficient (Wildman–Crippen LogP) is 6.10. The van der Waals surface area contributed by atoms with Gasteiger partial charge >= 0.3 is 0 Å². The molecular formula is C23H18BrNO2. The molecule has 4 heteroatoms. The van der Waals surface area contributed by atoms with E-state index in [9.17, 15) is 4.79 Å². The van der Waals surface area contributed by atoms with Crippen molar-refractivity contribution in [1.82, 2.24) is 5.32 Å². The summed E-state index contributed by atoms with van der Waals surface area (Å²) in [5.74, 6) is 0.848. The number of benzene rings is 3. The Kier molecular flexibility index (Phi) is 4.82. The fourth-order valence-electron chi connectivity index (χ4n) is 3.10. The number of amides is 1. The van der Waals surface area contributed by atoms with Crippen LogP contribution in [0.4, 0.5) is 0 Å². The van der Waals surface area contributed by atoms with Crippen LogP contribution in [0.25, 0.3) is 22.1 Å². The molecule has 0 aliphatic rings. The van der Waals surface area contributed by atoms with Crippen LogP contribution in [0.5, 0.6) is 0 Å². The highest BCUT2D eigenvalue weighted by molar-refractivity contribution is 9.10. The van der Waals surface area contributed by atoms with Crippen LogP contribution in [0.1, 0.15) is 21.7 Å².